The summed E-state index contributed by atoms with van der Waals surface area (Å²) >= 11 is 0. The van der Waals surface area contributed by atoms with Gasteiger partial charge in [-0.3, -0.25) is 0 Å². The summed E-state index contributed by atoms with van der Waals surface area (Å²) in [7, 11) is 0. The molecule has 0 heterocycles. The molecule has 39 heavy (non-hydrogen) atoms. The van der Waals surface area contributed by atoms with Gasteiger partial charge in [-0.25, -0.2) is 0 Å². The Hall–Kier alpha value is -2.08. The molecule has 0 atom stereocenters. The third-order valence-corrected chi connectivity index (χ3v) is 9.11. The van der Waals surface area contributed by atoms with E-state index >= 15 is 0 Å². The average Bonchev–Trinajstić information content (AvgIpc) is 3.20. The van der Waals surface area contributed by atoms with Gasteiger partial charge < -0.3 is 0 Å². The molecule has 2 aromatic rings. The second-order valence-electron chi connectivity index (χ2n) is 12.3. The van der Waals surface area contributed by atoms with Crippen LogP contribution < -0.4 is 0 Å². The van der Waals surface area contributed by atoms with E-state index in [0.29, 0.717) is 0 Å². The van der Waals surface area contributed by atoms with E-state index < -0.39 is 0 Å². The first-order valence-corrected chi connectivity index (χ1v) is 16.7. The van der Waals surface area contributed by atoms with Gasteiger partial charge in [-0.05, 0) is 71.9 Å². The van der Waals surface area contributed by atoms with E-state index in [1.165, 1.54) is 149 Å². The number of unbranched alkanes of at least 4 members (excludes halogenated alkanes) is 14. The number of aryl methyl sites for hydroxylation is 2. The minimum Gasteiger partial charge on any atom is -0.103 e. The Balaban J connectivity index is 1.66. The van der Waals surface area contributed by atoms with E-state index in [4.69, 9.17) is 0 Å². The quantitative estimate of drug-likeness (QED) is 0.106. The molecular weight excluding hydrogens is 468 g/mol. The first kappa shape index (κ1) is 31.4. The van der Waals surface area contributed by atoms with E-state index in [0.717, 1.165) is 12.8 Å². The topological polar surface area (TPSA) is 0 Å². The molecule has 1 aliphatic carbocycles. The van der Waals surface area contributed by atoms with Gasteiger partial charge in [0.2, 0.25) is 0 Å². The van der Waals surface area contributed by atoms with Gasteiger partial charge in [0.05, 0.1) is 0 Å². The lowest BCUT2D eigenvalue weighted by atomic mass is 9.72. The molecule has 0 heteroatoms. The number of benzene rings is 2. The van der Waals surface area contributed by atoms with E-state index in [-0.39, 0.29) is 5.41 Å². The normalized spacial score (nSPS) is 13.3. The average molecular weight is 527 g/mol. The molecule has 0 spiro atoms. The molecule has 0 aliphatic heterocycles. The molecule has 0 N–H and O–H groups in total. The first-order chi connectivity index (χ1) is 19.2. The maximum Gasteiger partial charge on any atom is 0.0283 e. The van der Waals surface area contributed by atoms with Gasteiger partial charge in [0.1, 0.15) is 0 Å². The lowest BCUT2D eigenvalue weighted by Crippen LogP contribution is -2.24. The van der Waals surface area contributed by atoms with Crippen LogP contribution in [0.4, 0.5) is 0 Å². The highest BCUT2D eigenvalue weighted by Crippen LogP contribution is 2.53. The Kier molecular flexibility index (Phi) is 14.2. The molecule has 214 valence electrons. The zero-order valence-electron chi connectivity index (χ0n) is 25.7. The third kappa shape index (κ3) is 8.96. The van der Waals surface area contributed by atoms with Gasteiger partial charge >= 0.3 is 0 Å². The van der Waals surface area contributed by atoms with Crippen molar-refractivity contribution in [3.8, 4) is 11.1 Å². The van der Waals surface area contributed by atoms with Crippen LogP contribution in [-0.2, 0) is 18.3 Å². The Morgan fingerprint density at radius 1 is 0.513 bits per heavy atom. The summed E-state index contributed by atoms with van der Waals surface area (Å²) in [6.45, 7) is 13.0. The summed E-state index contributed by atoms with van der Waals surface area (Å²) in [6, 6.07) is 14.7. The molecule has 0 aromatic heterocycles. The maximum atomic E-state index is 4.20. The van der Waals surface area contributed by atoms with Crippen molar-refractivity contribution in [3.63, 3.8) is 0 Å². The zero-order valence-corrected chi connectivity index (χ0v) is 25.7. The second kappa shape index (κ2) is 17.6. The van der Waals surface area contributed by atoms with Crippen molar-refractivity contribution in [3.05, 3.63) is 84.0 Å². The van der Waals surface area contributed by atoms with Crippen molar-refractivity contribution in [1.82, 2.24) is 0 Å². The number of hydrogen-bond donors (Lipinski definition) is 0. The van der Waals surface area contributed by atoms with Crippen molar-refractivity contribution in [2.45, 2.75) is 148 Å². The summed E-state index contributed by atoms with van der Waals surface area (Å²) in [6.07, 6.45) is 30.6. The van der Waals surface area contributed by atoms with Crippen LogP contribution in [0.15, 0.2) is 61.7 Å². The molecule has 0 saturated carbocycles. The summed E-state index contributed by atoms with van der Waals surface area (Å²) < 4.78 is 0. The van der Waals surface area contributed by atoms with Gasteiger partial charge in [-0.1, -0.05) is 152 Å². The predicted octanol–water partition coefficient (Wildman–Crippen LogP) is 12.5. The fourth-order valence-corrected chi connectivity index (χ4v) is 6.84. The van der Waals surface area contributed by atoms with Crippen LogP contribution in [-0.4, -0.2) is 0 Å². The van der Waals surface area contributed by atoms with Crippen LogP contribution in [0.5, 0.6) is 0 Å². The SMILES string of the molecule is C=CCC1(CC=C)c2cc(CCCCCCCCCC)ccc2-c2ccc(CCCCCCCCCC)cc21. The van der Waals surface area contributed by atoms with Gasteiger partial charge in [-0.15, -0.1) is 13.2 Å². The van der Waals surface area contributed by atoms with Gasteiger partial charge in [0.15, 0.2) is 0 Å². The lowest BCUT2D eigenvalue weighted by molar-refractivity contribution is 0.540. The van der Waals surface area contributed by atoms with Crippen LogP contribution >= 0.6 is 0 Å². The molecule has 3 rings (SSSR count). The Morgan fingerprint density at radius 3 is 1.23 bits per heavy atom. The first-order valence-electron chi connectivity index (χ1n) is 16.7. The minimum atomic E-state index is -0.0151. The molecule has 1 aliphatic rings. The molecule has 0 fully saturated rings. The van der Waals surface area contributed by atoms with Crippen LogP contribution in [0.1, 0.15) is 152 Å². The summed E-state index contributed by atoms with van der Waals surface area (Å²) in [5, 5.41) is 0. The third-order valence-electron chi connectivity index (χ3n) is 9.11. The van der Waals surface area contributed by atoms with Crippen LogP contribution in [0, 0.1) is 0 Å². The lowest BCUT2D eigenvalue weighted by Gasteiger charge is -2.31. The highest BCUT2D eigenvalue weighted by Gasteiger charge is 2.41. The van der Waals surface area contributed by atoms with Crippen LogP contribution in [0.3, 0.4) is 0 Å². The van der Waals surface area contributed by atoms with E-state index in [2.05, 4.69) is 75.6 Å². The Bertz CT molecular complexity index is 912. The monoisotopic (exact) mass is 526 g/mol. The molecule has 0 amide bonds. The summed E-state index contributed by atoms with van der Waals surface area (Å²) in [5.41, 5.74) is 8.89. The standard InChI is InChI=1S/C39H58/c1-5-9-11-13-15-17-19-21-23-33-25-27-35-36-28-26-34(24-22-20-18-16-14-12-10-6-2)32-38(36)39(29-7-3,30-8-4)37(35)31-33/h7-8,25-28,31-32H,3-6,9-24,29-30H2,1-2H3. The smallest absolute Gasteiger partial charge is 0.0283 e. The van der Waals surface area contributed by atoms with Crippen molar-refractivity contribution in [2.24, 2.45) is 0 Å². The highest BCUT2D eigenvalue weighted by molar-refractivity contribution is 5.82. The van der Waals surface area contributed by atoms with Crippen molar-refractivity contribution < 1.29 is 0 Å². The highest BCUT2D eigenvalue weighted by atomic mass is 14.4. The summed E-state index contributed by atoms with van der Waals surface area (Å²) in [4.78, 5) is 0. The number of fused-ring (bicyclic) bond motifs is 3. The van der Waals surface area contributed by atoms with Crippen molar-refractivity contribution in [2.75, 3.05) is 0 Å². The number of allylic oxidation sites excluding steroid dienone is 2. The number of rotatable bonds is 22. The second-order valence-corrected chi connectivity index (χ2v) is 12.3. The summed E-state index contributed by atoms with van der Waals surface area (Å²) in [5.74, 6) is 0. The van der Waals surface area contributed by atoms with Gasteiger partial charge in [-0.2, -0.15) is 0 Å². The zero-order chi connectivity index (χ0) is 27.8. The fourth-order valence-electron chi connectivity index (χ4n) is 6.84. The van der Waals surface area contributed by atoms with E-state index in [1.54, 1.807) is 0 Å². The van der Waals surface area contributed by atoms with Crippen molar-refractivity contribution in [1.29, 1.82) is 0 Å². The molecular formula is C39H58. The predicted molar refractivity (Wildman–Crippen MR) is 175 cm³/mol. The fraction of sp³-hybridized carbons (Fsp3) is 0.590. The Labute approximate surface area is 242 Å². The number of hydrogen-bond acceptors (Lipinski definition) is 0. The minimum absolute atomic E-state index is 0.0151. The van der Waals surface area contributed by atoms with Crippen LogP contribution in [0.2, 0.25) is 0 Å². The van der Waals surface area contributed by atoms with Crippen LogP contribution in [0.25, 0.3) is 11.1 Å². The van der Waals surface area contributed by atoms with Crippen molar-refractivity contribution >= 4 is 0 Å². The molecule has 0 nitrogen and oxygen atoms in total. The van der Waals surface area contributed by atoms with Gasteiger partial charge in [0, 0.05) is 5.41 Å². The molecule has 2 aromatic carbocycles. The van der Waals surface area contributed by atoms with E-state index in [1.807, 2.05) is 0 Å². The molecule has 0 bridgehead atoms. The molecule has 0 saturated heterocycles. The largest absolute Gasteiger partial charge is 0.103 e. The maximum absolute atomic E-state index is 4.20. The molecule has 0 radical (unpaired) electrons. The van der Waals surface area contributed by atoms with Gasteiger partial charge in [0.25, 0.3) is 0 Å². The Morgan fingerprint density at radius 2 is 0.872 bits per heavy atom. The van der Waals surface area contributed by atoms with E-state index in [9.17, 15) is 0 Å². The molecule has 0 unspecified atom stereocenters.